The lowest BCUT2D eigenvalue weighted by atomic mass is 10.2. The summed E-state index contributed by atoms with van der Waals surface area (Å²) in [6.07, 6.45) is 3.53. The quantitative estimate of drug-likeness (QED) is 0.667. The van der Waals surface area contributed by atoms with Crippen LogP contribution >= 0.6 is 0 Å². The number of Topliss-reactive ketones (excluding diaryl/α,β-unsaturated/α-hetero) is 1. The molecule has 1 aromatic heterocycles. The summed E-state index contributed by atoms with van der Waals surface area (Å²) in [6, 6.07) is 1.78. The Balaban J connectivity index is 2.27. The van der Waals surface area contributed by atoms with Crippen LogP contribution in [0.2, 0.25) is 0 Å². The van der Waals surface area contributed by atoms with Crippen molar-refractivity contribution in [3.8, 4) is 0 Å². The number of ether oxygens (including phenoxy) is 1. The summed E-state index contributed by atoms with van der Waals surface area (Å²) < 4.78 is 9.79. The molecule has 0 unspecified atom stereocenters. The third-order valence-electron chi connectivity index (χ3n) is 1.45. The Labute approximate surface area is 71.3 Å². The molecule has 0 radical (unpaired) electrons. The van der Waals surface area contributed by atoms with Crippen molar-refractivity contribution in [1.82, 2.24) is 0 Å². The molecule has 3 heteroatoms. The average molecular weight is 168 g/mol. The van der Waals surface area contributed by atoms with E-state index in [1.807, 2.05) is 6.92 Å². The lowest BCUT2D eigenvalue weighted by molar-refractivity contribution is -0.122. The smallest absolute Gasteiger partial charge is 0.162 e. The van der Waals surface area contributed by atoms with Gasteiger partial charge in [0.25, 0.3) is 0 Å². The van der Waals surface area contributed by atoms with E-state index < -0.39 is 0 Å². The molecule has 66 valence electrons. The maximum Gasteiger partial charge on any atom is 0.162 e. The zero-order valence-electron chi connectivity index (χ0n) is 7.08. The van der Waals surface area contributed by atoms with Crippen LogP contribution < -0.4 is 0 Å². The van der Waals surface area contributed by atoms with Crippen molar-refractivity contribution < 1.29 is 13.9 Å². The maximum atomic E-state index is 11.1. The van der Waals surface area contributed by atoms with E-state index in [0.717, 1.165) is 5.56 Å². The van der Waals surface area contributed by atoms with E-state index in [1.54, 1.807) is 18.6 Å². The van der Waals surface area contributed by atoms with Gasteiger partial charge in [0.15, 0.2) is 5.78 Å². The van der Waals surface area contributed by atoms with Crippen LogP contribution in [0.5, 0.6) is 0 Å². The Bertz CT molecular complexity index is 226. The number of hydrogen-bond acceptors (Lipinski definition) is 3. The van der Waals surface area contributed by atoms with Gasteiger partial charge in [-0.2, -0.15) is 0 Å². The molecule has 0 aliphatic heterocycles. The molecule has 0 atom stereocenters. The Morgan fingerprint density at radius 3 is 3.08 bits per heavy atom. The summed E-state index contributed by atoms with van der Waals surface area (Å²) in [5.41, 5.74) is 0.903. The molecule has 0 aliphatic rings. The second-order valence-electron chi connectivity index (χ2n) is 2.48. The van der Waals surface area contributed by atoms with Crippen LogP contribution in [0.25, 0.3) is 0 Å². The predicted octanol–water partition coefficient (Wildman–Crippen LogP) is 1.43. The van der Waals surface area contributed by atoms with Crippen molar-refractivity contribution in [3.63, 3.8) is 0 Å². The minimum absolute atomic E-state index is 0.0817. The summed E-state index contributed by atoms with van der Waals surface area (Å²) in [4.78, 5) is 11.1. The number of carbonyl (C=O) groups is 1. The summed E-state index contributed by atoms with van der Waals surface area (Å²) in [6.45, 7) is 2.64. The van der Waals surface area contributed by atoms with Gasteiger partial charge in [-0.05, 0) is 18.6 Å². The standard InChI is InChI=1S/C9H12O3/c1-2-11-7-9(10)5-8-3-4-12-6-8/h3-4,6H,2,5,7H2,1H3. The van der Waals surface area contributed by atoms with Crippen LogP contribution in [0.4, 0.5) is 0 Å². The molecule has 1 heterocycles. The zero-order chi connectivity index (χ0) is 8.81. The van der Waals surface area contributed by atoms with E-state index in [0.29, 0.717) is 13.0 Å². The van der Waals surface area contributed by atoms with Crippen LogP contribution in [0.1, 0.15) is 12.5 Å². The number of rotatable bonds is 5. The van der Waals surface area contributed by atoms with Crippen molar-refractivity contribution in [1.29, 1.82) is 0 Å². The van der Waals surface area contributed by atoms with Gasteiger partial charge in [-0.25, -0.2) is 0 Å². The normalized spacial score (nSPS) is 10.1. The Morgan fingerprint density at radius 2 is 2.50 bits per heavy atom. The van der Waals surface area contributed by atoms with E-state index >= 15 is 0 Å². The highest BCUT2D eigenvalue weighted by atomic mass is 16.5. The van der Waals surface area contributed by atoms with Gasteiger partial charge >= 0.3 is 0 Å². The lowest BCUT2D eigenvalue weighted by Gasteiger charge is -1.97. The number of furan rings is 1. The molecular formula is C9H12O3. The van der Waals surface area contributed by atoms with Crippen molar-refractivity contribution >= 4 is 5.78 Å². The summed E-state index contributed by atoms with van der Waals surface area (Å²) in [5.74, 6) is 0.0817. The molecular weight excluding hydrogens is 156 g/mol. The van der Waals surface area contributed by atoms with Crippen molar-refractivity contribution in [3.05, 3.63) is 24.2 Å². The third kappa shape index (κ3) is 2.88. The first-order valence-electron chi connectivity index (χ1n) is 3.93. The second-order valence-corrected chi connectivity index (χ2v) is 2.48. The van der Waals surface area contributed by atoms with Crippen molar-refractivity contribution in [2.45, 2.75) is 13.3 Å². The number of carbonyl (C=O) groups excluding carboxylic acids is 1. The molecule has 0 fully saturated rings. The van der Waals surface area contributed by atoms with Crippen molar-refractivity contribution in [2.24, 2.45) is 0 Å². The summed E-state index contributed by atoms with van der Waals surface area (Å²) in [7, 11) is 0. The highest BCUT2D eigenvalue weighted by Gasteiger charge is 2.03. The monoisotopic (exact) mass is 168 g/mol. The van der Waals surface area contributed by atoms with E-state index in [4.69, 9.17) is 9.15 Å². The molecule has 0 amide bonds. The van der Waals surface area contributed by atoms with Crippen molar-refractivity contribution in [2.75, 3.05) is 13.2 Å². The van der Waals surface area contributed by atoms with E-state index in [9.17, 15) is 4.79 Å². The third-order valence-corrected chi connectivity index (χ3v) is 1.45. The largest absolute Gasteiger partial charge is 0.472 e. The first-order chi connectivity index (χ1) is 5.83. The molecule has 12 heavy (non-hydrogen) atoms. The zero-order valence-corrected chi connectivity index (χ0v) is 7.08. The van der Waals surface area contributed by atoms with Gasteiger partial charge in [0.05, 0.1) is 12.5 Å². The lowest BCUT2D eigenvalue weighted by Crippen LogP contribution is -2.10. The van der Waals surface area contributed by atoms with E-state index in [-0.39, 0.29) is 12.4 Å². The Kier molecular flexibility index (Phi) is 3.54. The fourth-order valence-corrected chi connectivity index (χ4v) is 0.888. The van der Waals surface area contributed by atoms with Gasteiger partial charge in [0.1, 0.15) is 6.61 Å². The first-order valence-corrected chi connectivity index (χ1v) is 3.93. The molecule has 0 N–H and O–H groups in total. The highest BCUT2D eigenvalue weighted by molar-refractivity contribution is 5.81. The summed E-state index contributed by atoms with van der Waals surface area (Å²) >= 11 is 0. The SMILES string of the molecule is CCOCC(=O)Cc1ccoc1. The molecule has 1 aromatic rings. The second kappa shape index (κ2) is 4.72. The van der Waals surface area contributed by atoms with Crippen LogP contribution in [0.15, 0.2) is 23.0 Å². The maximum absolute atomic E-state index is 11.1. The predicted molar refractivity (Wildman–Crippen MR) is 43.9 cm³/mol. The van der Waals surface area contributed by atoms with Gasteiger partial charge in [0.2, 0.25) is 0 Å². The molecule has 0 aromatic carbocycles. The molecule has 0 saturated carbocycles. The Morgan fingerprint density at radius 1 is 1.67 bits per heavy atom. The number of hydrogen-bond donors (Lipinski definition) is 0. The Hall–Kier alpha value is -1.09. The highest BCUT2D eigenvalue weighted by Crippen LogP contribution is 2.01. The van der Waals surface area contributed by atoms with Gasteiger partial charge < -0.3 is 9.15 Å². The first kappa shape index (κ1) is 9.00. The number of ketones is 1. The van der Waals surface area contributed by atoms with Crippen LogP contribution in [-0.2, 0) is 16.0 Å². The summed E-state index contributed by atoms with van der Waals surface area (Å²) in [5, 5.41) is 0. The molecule has 0 spiro atoms. The van der Waals surface area contributed by atoms with Gasteiger partial charge in [-0.3, -0.25) is 4.79 Å². The van der Waals surface area contributed by atoms with Gasteiger partial charge in [-0.15, -0.1) is 0 Å². The molecule has 3 nitrogen and oxygen atoms in total. The van der Waals surface area contributed by atoms with Crippen LogP contribution in [-0.4, -0.2) is 19.0 Å². The topological polar surface area (TPSA) is 39.4 Å². The minimum Gasteiger partial charge on any atom is -0.472 e. The molecule has 0 bridgehead atoms. The fourth-order valence-electron chi connectivity index (χ4n) is 0.888. The van der Waals surface area contributed by atoms with Gasteiger partial charge in [-0.1, -0.05) is 0 Å². The molecule has 0 aliphatic carbocycles. The van der Waals surface area contributed by atoms with E-state index in [1.165, 1.54) is 0 Å². The van der Waals surface area contributed by atoms with E-state index in [2.05, 4.69) is 0 Å². The minimum atomic E-state index is 0.0817. The van der Waals surface area contributed by atoms with Crippen LogP contribution in [0.3, 0.4) is 0 Å². The fraction of sp³-hybridized carbons (Fsp3) is 0.444. The van der Waals surface area contributed by atoms with Crippen LogP contribution in [0, 0.1) is 0 Å². The molecule has 1 rings (SSSR count). The molecule has 0 saturated heterocycles. The average Bonchev–Trinajstić information content (AvgIpc) is 2.53. The van der Waals surface area contributed by atoms with Gasteiger partial charge in [0, 0.05) is 13.0 Å².